The fourth-order valence-electron chi connectivity index (χ4n) is 1.58. The molecule has 4 N–H and O–H groups in total. The number of carbonyl (C=O) groups excluding carboxylic acids is 1. The van der Waals surface area contributed by atoms with E-state index in [-0.39, 0.29) is 0 Å². The second-order valence-corrected chi connectivity index (χ2v) is 4.54. The van der Waals surface area contributed by atoms with Crippen LogP contribution in [0.15, 0.2) is 54.6 Å². The molecular weight excluding hydrogens is 278 g/mol. The fourth-order valence-corrected chi connectivity index (χ4v) is 1.95. The van der Waals surface area contributed by atoms with E-state index in [2.05, 4.69) is 15.4 Å². The molecule has 1 atom stereocenters. The van der Waals surface area contributed by atoms with E-state index >= 15 is 0 Å². The van der Waals surface area contributed by atoms with Gasteiger partial charge in [0.2, 0.25) is 0 Å². The summed E-state index contributed by atoms with van der Waals surface area (Å²) in [7, 11) is 0. The smallest absolute Gasteiger partial charge is 0.308 e. The Kier molecular flexibility index (Phi) is 4.70. The summed E-state index contributed by atoms with van der Waals surface area (Å²) in [5.41, 5.74) is 1.42. The molecule has 2 aromatic rings. The lowest BCUT2D eigenvalue weighted by Gasteiger charge is -2.11. The van der Waals surface area contributed by atoms with Crippen molar-refractivity contribution in [1.82, 2.24) is 0 Å². The first kappa shape index (κ1) is 14.0. The Morgan fingerprint density at radius 2 is 1.50 bits per heavy atom. The van der Waals surface area contributed by atoms with Crippen LogP contribution in [0, 0.1) is 0 Å². The van der Waals surface area contributed by atoms with Gasteiger partial charge < -0.3 is 10.6 Å². The zero-order chi connectivity index (χ0) is 14.4. The van der Waals surface area contributed by atoms with Gasteiger partial charge in [0.25, 0.3) is 11.3 Å². The fraction of sp³-hybridized carbons (Fsp3) is 0. The lowest BCUT2D eigenvalue weighted by molar-refractivity contribution is 0.262. The molecule has 2 aromatic carbocycles. The van der Waals surface area contributed by atoms with Crippen molar-refractivity contribution < 1.29 is 13.6 Å². The zero-order valence-electron chi connectivity index (χ0n) is 10.4. The van der Waals surface area contributed by atoms with E-state index in [0.717, 1.165) is 0 Å². The van der Waals surface area contributed by atoms with Gasteiger partial charge in [0.15, 0.2) is 0 Å². The number of urea groups is 1. The van der Waals surface area contributed by atoms with Crippen LogP contribution in [-0.2, 0) is 11.3 Å². The third-order valence-corrected chi connectivity index (χ3v) is 2.80. The van der Waals surface area contributed by atoms with Crippen LogP contribution in [0.4, 0.5) is 21.9 Å². The van der Waals surface area contributed by atoms with E-state index in [0.29, 0.717) is 17.1 Å². The third-order valence-electron chi connectivity index (χ3n) is 2.40. The van der Waals surface area contributed by atoms with Gasteiger partial charge in [-0.2, -0.15) is 0 Å². The highest BCUT2D eigenvalue weighted by molar-refractivity contribution is 7.80. The first-order valence-corrected chi connectivity index (χ1v) is 6.85. The lowest BCUT2D eigenvalue weighted by Crippen LogP contribution is -2.20. The van der Waals surface area contributed by atoms with Crippen molar-refractivity contribution in [3.63, 3.8) is 0 Å². The van der Waals surface area contributed by atoms with Crippen LogP contribution >= 0.6 is 0 Å². The highest BCUT2D eigenvalue weighted by atomic mass is 32.2. The van der Waals surface area contributed by atoms with Crippen LogP contribution in [-0.4, -0.2) is 14.8 Å². The molecule has 104 valence electrons. The number of hydrogen-bond acceptors (Lipinski definition) is 2. The molecule has 2 amide bonds. The number of anilines is 3. The second-order valence-electron chi connectivity index (χ2n) is 3.84. The van der Waals surface area contributed by atoms with Crippen LogP contribution in [0.1, 0.15) is 0 Å². The SMILES string of the molecule is O=C(Nc1ccccc1)Nc1ccccc1NS(=O)O. The maximum Gasteiger partial charge on any atom is 0.323 e. The van der Waals surface area contributed by atoms with E-state index in [1.54, 1.807) is 48.5 Å². The topological polar surface area (TPSA) is 90.5 Å². The molecule has 0 aliphatic carbocycles. The number of carbonyl (C=O) groups is 1. The Bertz CT molecular complexity index is 619. The van der Waals surface area contributed by atoms with Gasteiger partial charge in [0.05, 0.1) is 11.4 Å². The minimum absolute atomic E-state index is 0.358. The maximum atomic E-state index is 11.8. The predicted octanol–water partition coefficient (Wildman–Crippen LogP) is 2.88. The van der Waals surface area contributed by atoms with Crippen molar-refractivity contribution in [3.05, 3.63) is 54.6 Å². The van der Waals surface area contributed by atoms with Crippen molar-refractivity contribution in [1.29, 1.82) is 0 Å². The van der Waals surface area contributed by atoms with Gasteiger partial charge in [0.1, 0.15) is 0 Å². The number of rotatable bonds is 4. The van der Waals surface area contributed by atoms with Gasteiger partial charge in [-0.25, -0.2) is 9.00 Å². The average Bonchev–Trinajstić information content (AvgIpc) is 2.41. The minimum Gasteiger partial charge on any atom is -0.308 e. The summed E-state index contributed by atoms with van der Waals surface area (Å²) in [4.78, 5) is 11.8. The average molecular weight is 291 g/mol. The van der Waals surface area contributed by atoms with E-state index in [1.807, 2.05) is 6.07 Å². The van der Waals surface area contributed by atoms with Crippen molar-refractivity contribution in [3.8, 4) is 0 Å². The summed E-state index contributed by atoms with van der Waals surface area (Å²) in [6.45, 7) is 0. The summed E-state index contributed by atoms with van der Waals surface area (Å²) in [5.74, 6) is 0. The molecule has 0 saturated heterocycles. The minimum atomic E-state index is -2.20. The number of hydrogen-bond donors (Lipinski definition) is 4. The van der Waals surface area contributed by atoms with Crippen molar-refractivity contribution in [2.75, 3.05) is 15.4 Å². The Morgan fingerprint density at radius 3 is 2.15 bits per heavy atom. The monoisotopic (exact) mass is 291 g/mol. The Labute approximate surface area is 118 Å². The molecule has 0 spiro atoms. The predicted molar refractivity (Wildman–Crippen MR) is 79.9 cm³/mol. The first-order valence-electron chi connectivity index (χ1n) is 5.75. The van der Waals surface area contributed by atoms with E-state index < -0.39 is 17.3 Å². The van der Waals surface area contributed by atoms with E-state index in [9.17, 15) is 9.00 Å². The number of amides is 2. The van der Waals surface area contributed by atoms with Crippen molar-refractivity contribution >= 4 is 34.4 Å². The zero-order valence-corrected chi connectivity index (χ0v) is 11.2. The molecule has 0 radical (unpaired) electrons. The van der Waals surface area contributed by atoms with Gasteiger partial charge >= 0.3 is 6.03 Å². The highest BCUT2D eigenvalue weighted by Crippen LogP contribution is 2.21. The van der Waals surface area contributed by atoms with E-state index in [4.69, 9.17) is 4.55 Å². The van der Waals surface area contributed by atoms with Crippen LogP contribution in [0.25, 0.3) is 0 Å². The molecule has 0 heterocycles. The molecule has 0 aromatic heterocycles. The molecule has 0 aliphatic rings. The molecule has 0 saturated carbocycles. The third kappa shape index (κ3) is 4.08. The van der Waals surface area contributed by atoms with E-state index in [1.165, 1.54) is 0 Å². The van der Waals surface area contributed by atoms with Crippen LogP contribution in [0.2, 0.25) is 0 Å². The van der Waals surface area contributed by atoms with Gasteiger partial charge in [-0.15, -0.1) is 0 Å². The quantitative estimate of drug-likeness (QED) is 0.653. The molecular formula is C13H13N3O3S. The maximum absolute atomic E-state index is 11.8. The number of benzene rings is 2. The first-order chi connectivity index (χ1) is 9.65. The molecule has 0 aliphatic heterocycles. The Hall–Kier alpha value is -2.38. The summed E-state index contributed by atoms with van der Waals surface area (Å²) < 4.78 is 21.9. The highest BCUT2D eigenvalue weighted by Gasteiger charge is 2.07. The summed E-state index contributed by atoms with van der Waals surface area (Å²) >= 11 is -2.20. The molecule has 1 unspecified atom stereocenters. The van der Waals surface area contributed by atoms with Crippen LogP contribution in [0.5, 0.6) is 0 Å². The number of para-hydroxylation sites is 3. The van der Waals surface area contributed by atoms with Gasteiger partial charge in [-0.1, -0.05) is 30.3 Å². The van der Waals surface area contributed by atoms with Crippen molar-refractivity contribution in [2.45, 2.75) is 0 Å². The van der Waals surface area contributed by atoms with Crippen LogP contribution in [0.3, 0.4) is 0 Å². The standard InChI is InChI=1S/C13H13N3O3S/c17-13(14-10-6-2-1-3-7-10)15-11-8-4-5-9-12(11)16-20(18)19/h1-9,16H,(H,18,19)(H2,14,15,17). The Balaban J connectivity index is 2.06. The largest absolute Gasteiger partial charge is 0.323 e. The van der Waals surface area contributed by atoms with Gasteiger partial charge in [-0.05, 0) is 24.3 Å². The molecule has 2 rings (SSSR count). The lowest BCUT2D eigenvalue weighted by atomic mass is 10.3. The summed E-state index contributed by atoms with van der Waals surface area (Å²) in [6, 6.07) is 15.2. The molecule has 6 nitrogen and oxygen atoms in total. The van der Waals surface area contributed by atoms with Gasteiger partial charge in [0, 0.05) is 5.69 Å². The normalized spacial score (nSPS) is 11.4. The summed E-state index contributed by atoms with van der Waals surface area (Å²) in [5, 5.41) is 5.26. The molecule has 20 heavy (non-hydrogen) atoms. The molecule has 7 heteroatoms. The number of nitrogens with one attached hydrogen (secondary N) is 3. The molecule has 0 fully saturated rings. The molecule has 0 bridgehead atoms. The Morgan fingerprint density at radius 1 is 0.900 bits per heavy atom. The van der Waals surface area contributed by atoms with Crippen molar-refractivity contribution in [2.24, 2.45) is 0 Å². The second kappa shape index (κ2) is 6.69. The van der Waals surface area contributed by atoms with Gasteiger partial charge in [-0.3, -0.25) is 9.27 Å². The van der Waals surface area contributed by atoms with Crippen LogP contribution < -0.4 is 15.4 Å². The summed E-state index contributed by atoms with van der Waals surface area (Å²) in [6.07, 6.45) is 0.